The van der Waals surface area contributed by atoms with E-state index in [2.05, 4.69) is 15.0 Å². The number of aliphatic imine (C=N–C) groups is 1. The Bertz CT molecular complexity index is 1310. The molecule has 1 fully saturated rings. The summed E-state index contributed by atoms with van der Waals surface area (Å²) in [4.78, 5) is 44.1. The number of hydrogen-bond acceptors (Lipinski definition) is 6. The molecule has 4 rings (SSSR count). The Morgan fingerprint density at radius 2 is 1.78 bits per heavy atom. The zero-order valence-corrected chi connectivity index (χ0v) is 19.9. The fourth-order valence-corrected chi connectivity index (χ4v) is 4.08. The van der Waals surface area contributed by atoms with Crippen molar-refractivity contribution < 1.29 is 14.1 Å². The topological polar surface area (TPSA) is 117 Å². The van der Waals surface area contributed by atoms with Gasteiger partial charge in [-0.3, -0.25) is 34.7 Å². The minimum absolute atomic E-state index is 0.0338. The fraction of sp³-hybridized carbons (Fsp3) is 0.320. The Morgan fingerprint density at radius 1 is 1.11 bits per heavy atom. The van der Waals surface area contributed by atoms with Gasteiger partial charge < -0.3 is 4.90 Å². The lowest BCUT2D eigenvalue weighted by Gasteiger charge is -2.34. The van der Waals surface area contributed by atoms with Crippen LogP contribution in [-0.4, -0.2) is 75.9 Å². The molecule has 0 aliphatic carbocycles. The van der Waals surface area contributed by atoms with Crippen LogP contribution in [-0.2, 0) is 11.2 Å². The molecule has 0 radical (unpaired) electrons. The molecule has 10 nitrogen and oxygen atoms in total. The maximum Gasteiger partial charge on any atom is 0.280 e. The van der Waals surface area contributed by atoms with Gasteiger partial charge in [0.1, 0.15) is 5.82 Å². The Hall–Kier alpha value is -4.12. The first-order chi connectivity index (χ1) is 17.3. The smallest absolute Gasteiger partial charge is 0.280 e. The number of carbonyl (C=O) groups is 1. The van der Waals surface area contributed by atoms with Crippen LogP contribution in [0.1, 0.15) is 16.8 Å². The SMILES string of the molecule is Cc1[nH]n(-c2ccc([N+](=O)[O-])cc2)c(=O)c1C=NCCN1CCN(C(=O)Cc2ccc(F)cc2)CC1. The van der Waals surface area contributed by atoms with Gasteiger partial charge in [-0.25, -0.2) is 9.07 Å². The largest absolute Gasteiger partial charge is 0.340 e. The Morgan fingerprint density at radius 3 is 2.42 bits per heavy atom. The van der Waals surface area contributed by atoms with Crippen LogP contribution < -0.4 is 5.56 Å². The number of aryl methyl sites for hydroxylation is 1. The predicted molar refractivity (Wildman–Crippen MR) is 133 cm³/mol. The fourth-order valence-electron chi connectivity index (χ4n) is 4.08. The van der Waals surface area contributed by atoms with Gasteiger partial charge in [0.05, 0.1) is 29.1 Å². The average molecular weight is 495 g/mol. The van der Waals surface area contributed by atoms with E-state index < -0.39 is 4.92 Å². The summed E-state index contributed by atoms with van der Waals surface area (Å²) in [5, 5.41) is 13.8. The maximum absolute atomic E-state index is 13.0. The monoisotopic (exact) mass is 494 g/mol. The van der Waals surface area contributed by atoms with E-state index in [4.69, 9.17) is 0 Å². The van der Waals surface area contributed by atoms with E-state index in [-0.39, 0.29) is 29.4 Å². The second kappa shape index (κ2) is 11.1. The molecule has 0 bridgehead atoms. The molecule has 1 N–H and O–H groups in total. The third-order valence-corrected chi connectivity index (χ3v) is 6.20. The number of nitro benzene ring substituents is 1. The number of hydrogen-bond donors (Lipinski definition) is 1. The minimum Gasteiger partial charge on any atom is -0.340 e. The molecule has 2 aromatic carbocycles. The zero-order chi connectivity index (χ0) is 25.7. The van der Waals surface area contributed by atoms with Gasteiger partial charge in [-0.15, -0.1) is 0 Å². The highest BCUT2D eigenvalue weighted by molar-refractivity contribution is 5.80. The quantitative estimate of drug-likeness (QED) is 0.293. The van der Waals surface area contributed by atoms with Crippen molar-refractivity contribution in [3.05, 3.63) is 91.6 Å². The van der Waals surface area contributed by atoms with Crippen LogP contribution in [0.3, 0.4) is 0 Å². The highest BCUT2D eigenvalue weighted by atomic mass is 19.1. The first-order valence-corrected chi connectivity index (χ1v) is 11.6. The van der Waals surface area contributed by atoms with Gasteiger partial charge in [0.15, 0.2) is 0 Å². The number of aromatic amines is 1. The Balaban J connectivity index is 1.26. The lowest BCUT2D eigenvalue weighted by atomic mass is 10.1. The van der Waals surface area contributed by atoms with Crippen LogP contribution in [0.15, 0.2) is 58.3 Å². The van der Waals surface area contributed by atoms with Crippen LogP contribution in [0.4, 0.5) is 10.1 Å². The molecule has 0 unspecified atom stereocenters. The average Bonchev–Trinajstić information content (AvgIpc) is 3.16. The lowest BCUT2D eigenvalue weighted by molar-refractivity contribution is -0.384. The molecule has 0 saturated carbocycles. The van der Waals surface area contributed by atoms with Crippen molar-refractivity contribution in [2.45, 2.75) is 13.3 Å². The molecular weight excluding hydrogens is 467 g/mol. The number of benzene rings is 2. The van der Waals surface area contributed by atoms with E-state index in [1.165, 1.54) is 41.1 Å². The highest BCUT2D eigenvalue weighted by Crippen LogP contribution is 2.14. The minimum atomic E-state index is -0.490. The second-order valence-corrected chi connectivity index (χ2v) is 8.63. The van der Waals surface area contributed by atoms with Crippen LogP contribution in [0.25, 0.3) is 5.69 Å². The lowest BCUT2D eigenvalue weighted by Crippen LogP contribution is -2.49. The Kier molecular flexibility index (Phi) is 7.69. The number of carbonyl (C=O) groups excluding carboxylic acids is 1. The number of amides is 1. The molecule has 188 valence electrons. The van der Waals surface area contributed by atoms with E-state index in [1.807, 2.05) is 4.90 Å². The summed E-state index contributed by atoms with van der Waals surface area (Å²) in [6, 6.07) is 11.7. The van der Waals surface area contributed by atoms with Crippen molar-refractivity contribution in [2.24, 2.45) is 4.99 Å². The summed E-state index contributed by atoms with van der Waals surface area (Å²) in [7, 11) is 0. The van der Waals surface area contributed by atoms with Gasteiger partial charge in [-0.05, 0) is 36.8 Å². The van der Waals surface area contributed by atoms with E-state index >= 15 is 0 Å². The summed E-state index contributed by atoms with van der Waals surface area (Å²) < 4.78 is 14.4. The number of halogens is 1. The molecule has 36 heavy (non-hydrogen) atoms. The van der Waals surface area contributed by atoms with Crippen LogP contribution in [0.2, 0.25) is 0 Å². The molecule has 2 heterocycles. The number of nitrogens with zero attached hydrogens (tertiary/aromatic N) is 5. The van der Waals surface area contributed by atoms with Gasteiger partial charge >= 0.3 is 0 Å². The standard InChI is InChI=1S/C25H27FN6O4/c1-18-23(25(34)31(28-18)21-6-8-22(9-7-21)32(35)36)17-27-10-11-29-12-14-30(15-13-29)24(33)16-19-2-4-20(26)5-3-19/h2-9,17,28H,10-16H2,1H3. The van der Waals surface area contributed by atoms with E-state index in [1.54, 1.807) is 25.3 Å². The van der Waals surface area contributed by atoms with Crippen molar-refractivity contribution in [1.82, 2.24) is 19.6 Å². The van der Waals surface area contributed by atoms with Crippen molar-refractivity contribution in [3.8, 4) is 5.69 Å². The molecule has 0 atom stereocenters. The summed E-state index contributed by atoms with van der Waals surface area (Å²) in [6.07, 6.45) is 1.82. The second-order valence-electron chi connectivity index (χ2n) is 8.63. The van der Waals surface area contributed by atoms with E-state index in [0.29, 0.717) is 43.1 Å². The first kappa shape index (κ1) is 25.0. The van der Waals surface area contributed by atoms with E-state index in [0.717, 1.165) is 18.7 Å². The number of non-ortho nitro benzene ring substituents is 1. The molecule has 1 aromatic heterocycles. The number of piperazine rings is 1. The van der Waals surface area contributed by atoms with Crippen LogP contribution >= 0.6 is 0 Å². The maximum atomic E-state index is 13.0. The normalized spacial score (nSPS) is 14.4. The van der Waals surface area contributed by atoms with Crippen LogP contribution in [0.5, 0.6) is 0 Å². The third-order valence-electron chi connectivity index (χ3n) is 6.20. The summed E-state index contributed by atoms with van der Waals surface area (Å²) >= 11 is 0. The summed E-state index contributed by atoms with van der Waals surface area (Å²) in [6.45, 7) is 5.71. The number of rotatable bonds is 8. The molecule has 1 aliphatic heterocycles. The van der Waals surface area contributed by atoms with Gasteiger partial charge in [0.2, 0.25) is 5.91 Å². The molecule has 0 spiro atoms. The van der Waals surface area contributed by atoms with Crippen LogP contribution in [0, 0.1) is 22.9 Å². The van der Waals surface area contributed by atoms with Gasteiger partial charge in [-0.2, -0.15) is 0 Å². The molecule has 1 amide bonds. The zero-order valence-electron chi connectivity index (χ0n) is 19.9. The van der Waals surface area contributed by atoms with Gasteiger partial charge in [0.25, 0.3) is 11.2 Å². The molecule has 3 aromatic rings. The predicted octanol–water partition coefficient (Wildman–Crippen LogP) is 2.33. The van der Waals surface area contributed by atoms with Crippen molar-refractivity contribution in [2.75, 3.05) is 39.3 Å². The molecule has 11 heteroatoms. The number of H-pyrrole nitrogens is 1. The van der Waals surface area contributed by atoms with Crippen molar-refractivity contribution in [3.63, 3.8) is 0 Å². The number of nitrogens with one attached hydrogen (secondary N) is 1. The summed E-state index contributed by atoms with van der Waals surface area (Å²) in [5.74, 6) is -0.282. The van der Waals surface area contributed by atoms with Gasteiger partial charge in [0, 0.05) is 56.8 Å². The third kappa shape index (κ3) is 5.92. The summed E-state index contributed by atoms with van der Waals surface area (Å²) in [5.41, 5.74) is 2.05. The van der Waals surface area contributed by atoms with Gasteiger partial charge in [-0.1, -0.05) is 12.1 Å². The Labute approximate surface area is 206 Å². The molecule has 1 aliphatic rings. The molecular formula is C25H27FN6O4. The molecule has 1 saturated heterocycles. The van der Waals surface area contributed by atoms with E-state index in [9.17, 15) is 24.1 Å². The first-order valence-electron chi connectivity index (χ1n) is 11.6. The highest BCUT2D eigenvalue weighted by Gasteiger charge is 2.21. The number of aromatic nitrogens is 2. The number of nitro groups is 1. The van der Waals surface area contributed by atoms with Crippen molar-refractivity contribution >= 4 is 17.8 Å². The van der Waals surface area contributed by atoms with Crippen molar-refractivity contribution in [1.29, 1.82) is 0 Å².